The van der Waals surface area contributed by atoms with Crippen molar-refractivity contribution in [1.29, 1.82) is 0 Å². The van der Waals surface area contributed by atoms with Gasteiger partial charge < -0.3 is 19.5 Å². The molecule has 0 fully saturated rings. The van der Waals surface area contributed by atoms with Crippen LogP contribution in [-0.4, -0.2) is 51.9 Å². The highest BCUT2D eigenvalue weighted by atomic mass is 35.5. The van der Waals surface area contributed by atoms with Gasteiger partial charge in [0.2, 0.25) is 0 Å². The number of benzene rings is 1. The first-order chi connectivity index (χ1) is 13.1. The Labute approximate surface area is 167 Å². The largest absolute Gasteiger partial charge is 0.502 e. The Bertz CT molecular complexity index is 1040. The number of rotatable bonds is 3. The van der Waals surface area contributed by atoms with Gasteiger partial charge in [-0.15, -0.1) is 0 Å². The molecule has 0 aliphatic carbocycles. The average Bonchev–Trinajstić information content (AvgIpc) is 2.64. The standard InChI is InChI=1S/C20H22ClN3O4/c1-11-5-6-12(9-14(11)21)10-24-8-7-13-15(18(24)26)17(25)20(28)23(4)16(13)19(27)22(2)3/h5-6,9,25H,7-8,10H2,1-4H3. The quantitative estimate of drug-likeness (QED) is 0.849. The third kappa shape index (κ3) is 3.26. The molecule has 7 nitrogen and oxygen atoms in total. The SMILES string of the molecule is Cc1ccc(CN2CCc3c(c(O)c(=O)n(C)c3C(=O)N(C)C)C2=O)cc1Cl. The van der Waals surface area contributed by atoms with Crippen LogP contribution in [0.5, 0.6) is 5.75 Å². The molecule has 0 unspecified atom stereocenters. The van der Waals surface area contributed by atoms with Gasteiger partial charge in [0.1, 0.15) is 5.69 Å². The number of amides is 2. The Morgan fingerprint density at radius 3 is 2.57 bits per heavy atom. The summed E-state index contributed by atoms with van der Waals surface area (Å²) in [5.41, 5.74) is 1.47. The molecular formula is C20H22ClN3O4. The number of hydrogen-bond acceptors (Lipinski definition) is 4. The number of pyridine rings is 1. The molecule has 0 radical (unpaired) electrons. The normalized spacial score (nSPS) is 13.5. The van der Waals surface area contributed by atoms with E-state index in [-0.39, 0.29) is 17.2 Å². The molecule has 2 heterocycles. The molecule has 8 heteroatoms. The van der Waals surface area contributed by atoms with Crippen molar-refractivity contribution in [1.82, 2.24) is 14.4 Å². The van der Waals surface area contributed by atoms with Gasteiger partial charge in [0, 0.05) is 44.8 Å². The van der Waals surface area contributed by atoms with Crippen LogP contribution in [0.1, 0.15) is 37.5 Å². The van der Waals surface area contributed by atoms with Crippen molar-refractivity contribution >= 4 is 23.4 Å². The maximum atomic E-state index is 13.1. The summed E-state index contributed by atoms with van der Waals surface area (Å²) in [4.78, 5) is 41.0. The van der Waals surface area contributed by atoms with Crippen LogP contribution in [0.3, 0.4) is 0 Å². The van der Waals surface area contributed by atoms with Crippen LogP contribution in [0.15, 0.2) is 23.0 Å². The van der Waals surface area contributed by atoms with Gasteiger partial charge in [-0.3, -0.25) is 14.4 Å². The zero-order chi connectivity index (χ0) is 20.7. The summed E-state index contributed by atoms with van der Waals surface area (Å²) < 4.78 is 1.11. The van der Waals surface area contributed by atoms with Crippen LogP contribution in [0.2, 0.25) is 5.02 Å². The number of aromatic hydroxyl groups is 1. The summed E-state index contributed by atoms with van der Waals surface area (Å²) in [6.07, 6.45) is 0.358. The smallest absolute Gasteiger partial charge is 0.293 e. The average molecular weight is 404 g/mol. The first kappa shape index (κ1) is 19.9. The Balaban J connectivity index is 2.05. The van der Waals surface area contributed by atoms with Crippen LogP contribution in [0.4, 0.5) is 0 Å². The molecule has 3 rings (SSSR count). The number of fused-ring (bicyclic) bond motifs is 1. The number of hydrogen-bond donors (Lipinski definition) is 1. The van der Waals surface area contributed by atoms with Crippen molar-refractivity contribution in [3.05, 3.63) is 61.5 Å². The van der Waals surface area contributed by atoms with Gasteiger partial charge in [0.05, 0.1) is 5.56 Å². The number of carbonyl (C=O) groups excluding carboxylic acids is 2. The summed E-state index contributed by atoms with van der Waals surface area (Å²) in [6.45, 7) is 2.55. The topological polar surface area (TPSA) is 82.8 Å². The van der Waals surface area contributed by atoms with E-state index in [0.717, 1.165) is 15.7 Å². The minimum absolute atomic E-state index is 0.0854. The fourth-order valence-corrected chi connectivity index (χ4v) is 3.60. The summed E-state index contributed by atoms with van der Waals surface area (Å²) in [7, 11) is 4.57. The fraction of sp³-hybridized carbons (Fsp3) is 0.350. The molecule has 1 aromatic carbocycles. The second-order valence-corrected chi connectivity index (χ2v) is 7.58. The lowest BCUT2D eigenvalue weighted by molar-refractivity contribution is 0.0720. The van der Waals surface area contributed by atoms with E-state index in [2.05, 4.69) is 0 Å². The lowest BCUT2D eigenvalue weighted by Crippen LogP contribution is -2.42. The number of nitrogens with zero attached hydrogens (tertiary/aromatic N) is 3. The third-order valence-electron chi connectivity index (χ3n) is 5.02. The Kier molecular flexibility index (Phi) is 5.21. The van der Waals surface area contributed by atoms with Crippen molar-refractivity contribution in [3.8, 4) is 5.75 Å². The van der Waals surface area contributed by atoms with Crippen molar-refractivity contribution < 1.29 is 14.7 Å². The minimum Gasteiger partial charge on any atom is -0.502 e. The monoisotopic (exact) mass is 403 g/mol. The van der Waals surface area contributed by atoms with Gasteiger partial charge in [0.15, 0.2) is 5.75 Å². The van der Waals surface area contributed by atoms with E-state index in [1.54, 1.807) is 25.1 Å². The molecule has 148 valence electrons. The number of carbonyl (C=O) groups is 2. The Morgan fingerprint density at radius 2 is 1.96 bits per heavy atom. The van der Waals surface area contributed by atoms with Crippen LogP contribution in [0, 0.1) is 6.92 Å². The van der Waals surface area contributed by atoms with E-state index in [0.29, 0.717) is 30.1 Å². The molecule has 2 amide bonds. The van der Waals surface area contributed by atoms with Gasteiger partial charge in [-0.25, -0.2) is 0 Å². The predicted octanol–water partition coefficient (Wildman–Crippen LogP) is 1.95. The van der Waals surface area contributed by atoms with E-state index >= 15 is 0 Å². The molecule has 0 bridgehead atoms. The van der Waals surface area contributed by atoms with Crippen molar-refractivity contribution in [2.24, 2.45) is 7.05 Å². The molecule has 0 spiro atoms. The minimum atomic E-state index is -0.766. The number of aromatic nitrogens is 1. The van der Waals surface area contributed by atoms with Gasteiger partial charge in [0.25, 0.3) is 17.4 Å². The van der Waals surface area contributed by atoms with E-state index in [1.165, 1.54) is 11.9 Å². The van der Waals surface area contributed by atoms with E-state index < -0.39 is 17.2 Å². The van der Waals surface area contributed by atoms with Crippen LogP contribution in [-0.2, 0) is 20.0 Å². The van der Waals surface area contributed by atoms with Gasteiger partial charge in [-0.05, 0) is 30.5 Å². The molecule has 0 saturated heterocycles. The van der Waals surface area contributed by atoms with Gasteiger partial charge >= 0.3 is 0 Å². The third-order valence-corrected chi connectivity index (χ3v) is 5.43. The van der Waals surface area contributed by atoms with Crippen LogP contribution in [0.25, 0.3) is 0 Å². The number of halogens is 1. The first-order valence-electron chi connectivity index (χ1n) is 8.84. The molecule has 2 aromatic rings. The van der Waals surface area contributed by atoms with E-state index in [1.807, 2.05) is 19.1 Å². The van der Waals surface area contributed by atoms with Crippen molar-refractivity contribution in [2.75, 3.05) is 20.6 Å². The highest BCUT2D eigenvalue weighted by Crippen LogP contribution is 2.29. The zero-order valence-electron chi connectivity index (χ0n) is 16.2. The fourth-order valence-electron chi connectivity index (χ4n) is 3.40. The van der Waals surface area contributed by atoms with E-state index in [9.17, 15) is 19.5 Å². The molecule has 1 aromatic heterocycles. The zero-order valence-corrected chi connectivity index (χ0v) is 17.0. The van der Waals surface area contributed by atoms with Gasteiger partial charge in [-0.1, -0.05) is 23.7 Å². The van der Waals surface area contributed by atoms with Crippen molar-refractivity contribution in [2.45, 2.75) is 19.9 Å². The van der Waals surface area contributed by atoms with Crippen LogP contribution < -0.4 is 5.56 Å². The molecule has 1 N–H and O–H groups in total. The molecule has 0 saturated carbocycles. The number of aryl methyl sites for hydroxylation is 1. The summed E-state index contributed by atoms with van der Waals surface area (Å²) in [5, 5.41) is 11.0. The lowest BCUT2D eigenvalue weighted by atomic mass is 9.95. The summed E-state index contributed by atoms with van der Waals surface area (Å²) in [6, 6.07) is 5.56. The van der Waals surface area contributed by atoms with Crippen molar-refractivity contribution in [3.63, 3.8) is 0 Å². The summed E-state index contributed by atoms with van der Waals surface area (Å²) in [5.74, 6) is -1.48. The van der Waals surface area contributed by atoms with E-state index in [4.69, 9.17) is 11.6 Å². The first-order valence-corrected chi connectivity index (χ1v) is 9.22. The van der Waals surface area contributed by atoms with Crippen LogP contribution >= 0.6 is 11.6 Å². The highest BCUT2D eigenvalue weighted by molar-refractivity contribution is 6.31. The Hall–Kier alpha value is -2.80. The molecule has 28 heavy (non-hydrogen) atoms. The predicted molar refractivity (Wildman–Crippen MR) is 106 cm³/mol. The Morgan fingerprint density at radius 1 is 1.29 bits per heavy atom. The second kappa shape index (κ2) is 7.31. The van der Waals surface area contributed by atoms with Gasteiger partial charge in [-0.2, -0.15) is 0 Å². The molecular weight excluding hydrogens is 382 g/mol. The summed E-state index contributed by atoms with van der Waals surface area (Å²) >= 11 is 6.17. The maximum Gasteiger partial charge on any atom is 0.293 e. The molecule has 1 aliphatic heterocycles. The molecule has 1 aliphatic rings. The maximum absolute atomic E-state index is 13.1. The lowest BCUT2D eigenvalue weighted by Gasteiger charge is -2.31. The molecule has 0 atom stereocenters. The highest BCUT2D eigenvalue weighted by Gasteiger charge is 2.34. The second-order valence-electron chi connectivity index (χ2n) is 7.17.